The number of nitrogens with one attached hydrogen (secondary N) is 1. The van der Waals surface area contributed by atoms with Crippen LogP contribution in [0.25, 0.3) is 5.69 Å². The van der Waals surface area contributed by atoms with E-state index in [1.165, 1.54) is 0 Å². The molecule has 1 aromatic heterocycles. The number of nitrogens with zero attached hydrogens (tertiary/aromatic N) is 2. The smallest absolute Gasteiger partial charge is 0.307 e. The lowest BCUT2D eigenvalue weighted by molar-refractivity contribution is -0.140. The molecule has 6 nitrogen and oxygen atoms in total. The quantitative estimate of drug-likeness (QED) is 0.883. The molecule has 1 amide bonds. The van der Waals surface area contributed by atoms with Gasteiger partial charge in [-0.25, -0.2) is 4.68 Å². The van der Waals surface area contributed by atoms with Gasteiger partial charge in [0.1, 0.15) is 0 Å². The van der Waals surface area contributed by atoms with E-state index in [9.17, 15) is 9.59 Å². The van der Waals surface area contributed by atoms with E-state index in [1.54, 1.807) is 0 Å². The summed E-state index contributed by atoms with van der Waals surface area (Å²) in [6.45, 7) is 5.86. The SMILES string of the molecule is Cc1cc(C)n(-c2ccc(C(C)NC(=O)C3CC3C(=O)O)cc2)n1. The number of carbonyl (C=O) groups is 2. The minimum atomic E-state index is -0.892. The van der Waals surface area contributed by atoms with E-state index in [0.717, 1.165) is 22.6 Å². The molecule has 3 atom stereocenters. The zero-order chi connectivity index (χ0) is 17.4. The van der Waals surface area contributed by atoms with E-state index in [1.807, 2.05) is 55.8 Å². The number of aryl methyl sites for hydroxylation is 2. The molecular formula is C18H21N3O3. The zero-order valence-electron chi connectivity index (χ0n) is 14.0. The lowest BCUT2D eigenvalue weighted by atomic mass is 10.1. The minimum Gasteiger partial charge on any atom is -0.481 e. The second-order valence-corrected chi connectivity index (χ2v) is 6.45. The van der Waals surface area contributed by atoms with Gasteiger partial charge in [0, 0.05) is 5.69 Å². The third kappa shape index (κ3) is 3.18. The summed E-state index contributed by atoms with van der Waals surface area (Å²) in [5.41, 5.74) is 3.97. The highest BCUT2D eigenvalue weighted by molar-refractivity contribution is 5.89. The summed E-state index contributed by atoms with van der Waals surface area (Å²) < 4.78 is 1.88. The fourth-order valence-electron chi connectivity index (χ4n) is 2.96. The molecule has 1 fully saturated rings. The van der Waals surface area contributed by atoms with Gasteiger partial charge in [-0.1, -0.05) is 12.1 Å². The summed E-state index contributed by atoms with van der Waals surface area (Å²) in [7, 11) is 0. The van der Waals surface area contributed by atoms with Crippen molar-refractivity contribution in [2.75, 3.05) is 0 Å². The molecule has 2 N–H and O–H groups in total. The van der Waals surface area contributed by atoms with Gasteiger partial charge in [0.05, 0.1) is 29.3 Å². The zero-order valence-corrected chi connectivity index (χ0v) is 14.0. The van der Waals surface area contributed by atoms with Gasteiger partial charge in [0.25, 0.3) is 0 Å². The van der Waals surface area contributed by atoms with Gasteiger partial charge in [-0.2, -0.15) is 5.10 Å². The molecule has 0 bridgehead atoms. The highest BCUT2D eigenvalue weighted by atomic mass is 16.4. The number of aliphatic carboxylic acids is 1. The van der Waals surface area contributed by atoms with E-state index < -0.39 is 11.9 Å². The van der Waals surface area contributed by atoms with Gasteiger partial charge >= 0.3 is 5.97 Å². The lowest BCUT2D eigenvalue weighted by Crippen LogP contribution is -2.29. The van der Waals surface area contributed by atoms with Crippen LogP contribution in [0.2, 0.25) is 0 Å². The van der Waals surface area contributed by atoms with Crippen LogP contribution < -0.4 is 5.32 Å². The highest BCUT2D eigenvalue weighted by Gasteiger charge is 2.48. The Labute approximate surface area is 140 Å². The van der Waals surface area contributed by atoms with Crippen LogP contribution in [0, 0.1) is 25.7 Å². The van der Waals surface area contributed by atoms with Crippen molar-refractivity contribution in [2.24, 2.45) is 11.8 Å². The molecule has 1 saturated carbocycles. The molecule has 24 heavy (non-hydrogen) atoms. The van der Waals surface area contributed by atoms with E-state index in [4.69, 9.17) is 5.11 Å². The monoisotopic (exact) mass is 327 g/mol. The number of benzene rings is 1. The van der Waals surface area contributed by atoms with Crippen LogP contribution in [-0.4, -0.2) is 26.8 Å². The molecular weight excluding hydrogens is 306 g/mol. The van der Waals surface area contributed by atoms with Gasteiger partial charge in [-0.05, 0) is 51.0 Å². The van der Waals surface area contributed by atoms with Crippen molar-refractivity contribution in [1.82, 2.24) is 15.1 Å². The Hall–Kier alpha value is -2.63. The van der Waals surface area contributed by atoms with Crippen LogP contribution in [0.1, 0.15) is 36.3 Å². The van der Waals surface area contributed by atoms with Gasteiger partial charge in [0.2, 0.25) is 5.91 Å². The second kappa shape index (κ2) is 6.11. The molecule has 0 aliphatic heterocycles. The maximum absolute atomic E-state index is 12.1. The first-order chi connectivity index (χ1) is 11.4. The summed E-state index contributed by atoms with van der Waals surface area (Å²) in [6.07, 6.45) is 0.435. The van der Waals surface area contributed by atoms with Crippen LogP contribution in [-0.2, 0) is 9.59 Å². The second-order valence-electron chi connectivity index (χ2n) is 6.45. The van der Waals surface area contributed by atoms with Gasteiger partial charge < -0.3 is 10.4 Å². The fourth-order valence-corrected chi connectivity index (χ4v) is 2.96. The first-order valence-corrected chi connectivity index (χ1v) is 8.03. The number of hydrogen-bond donors (Lipinski definition) is 2. The Bertz CT molecular complexity index is 779. The van der Waals surface area contributed by atoms with E-state index in [0.29, 0.717) is 6.42 Å². The van der Waals surface area contributed by atoms with Crippen molar-refractivity contribution in [3.8, 4) is 5.69 Å². The Morgan fingerprint density at radius 2 is 1.92 bits per heavy atom. The number of carbonyl (C=O) groups excluding carboxylic acids is 1. The molecule has 1 aromatic carbocycles. The Morgan fingerprint density at radius 1 is 1.25 bits per heavy atom. The molecule has 1 aliphatic carbocycles. The molecule has 3 unspecified atom stereocenters. The maximum Gasteiger partial charge on any atom is 0.307 e. The number of carboxylic acid groups (broad SMARTS) is 1. The summed E-state index contributed by atoms with van der Waals surface area (Å²) in [5, 5.41) is 16.2. The number of hydrogen-bond acceptors (Lipinski definition) is 3. The van der Waals surface area contributed by atoms with Crippen molar-refractivity contribution in [3.63, 3.8) is 0 Å². The van der Waals surface area contributed by atoms with Crippen molar-refractivity contribution in [2.45, 2.75) is 33.2 Å². The number of rotatable bonds is 5. The predicted octanol–water partition coefficient (Wildman–Crippen LogP) is 2.39. The maximum atomic E-state index is 12.1. The summed E-state index contributed by atoms with van der Waals surface area (Å²) >= 11 is 0. The largest absolute Gasteiger partial charge is 0.481 e. The van der Waals surface area contributed by atoms with Gasteiger partial charge in [-0.15, -0.1) is 0 Å². The van der Waals surface area contributed by atoms with Crippen LogP contribution in [0.3, 0.4) is 0 Å². The molecule has 2 aromatic rings. The Morgan fingerprint density at radius 3 is 2.42 bits per heavy atom. The van der Waals surface area contributed by atoms with Gasteiger partial charge in [0.15, 0.2) is 0 Å². The van der Waals surface area contributed by atoms with E-state index >= 15 is 0 Å². The van der Waals surface area contributed by atoms with Crippen molar-refractivity contribution >= 4 is 11.9 Å². The number of aromatic nitrogens is 2. The minimum absolute atomic E-state index is 0.165. The molecule has 1 aliphatic rings. The van der Waals surface area contributed by atoms with Gasteiger partial charge in [-0.3, -0.25) is 9.59 Å². The molecule has 0 saturated heterocycles. The number of carboxylic acids is 1. The average Bonchev–Trinajstić information content (AvgIpc) is 3.27. The third-order valence-electron chi connectivity index (χ3n) is 4.45. The molecule has 6 heteroatoms. The first kappa shape index (κ1) is 16.2. The summed E-state index contributed by atoms with van der Waals surface area (Å²) in [4.78, 5) is 22.9. The molecule has 0 radical (unpaired) electrons. The fraction of sp³-hybridized carbons (Fsp3) is 0.389. The van der Waals surface area contributed by atoms with Crippen LogP contribution in [0.15, 0.2) is 30.3 Å². The molecule has 3 rings (SSSR count). The van der Waals surface area contributed by atoms with Crippen molar-refractivity contribution in [1.29, 1.82) is 0 Å². The highest BCUT2D eigenvalue weighted by Crippen LogP contribution is 2.39. The Balaban J connectivity index is 1.66. The van der Waals surface area contributed by atoms with Crippen molar-refractivity contribution < 1.29 is 14.7 Å². The Kier molecular flexibility index (Phi) is 4.13. The van der Waals surface area contributed by atoms with Crippen molar-refractivity contribution in [3.05, 3.63) is 47.3 Å². The normalized spacial score (nSPS) is 20.5. The third-order valence-corrected chi connectivity index (χ3v) is 4.45. The van der Waals surface area contributed by atoms with E-state index in [2.05, 4.69) is 10.4 Å². The average molecular weight is 327 g/mol. The number of amides is 1. The molecule has 0 spiro atoms. The van der Waals surface area contributed by atoms with E-state index in [-0.39, 0.29) is 17.9 Å². The van der Waals surface area contributed by atoms with Crippen LogP contribution >= 0.6 is 0 Å². The van der Waals surface area contributed by atoms with Crippen LogP contribution in [0.4, 0.5) is 0 Å². The topological polar surface area (TPSA) is 84.2 Å². The molecule has 1 heterocycles. The lowest BCUT2D eigenvalue weighted by Gasteiger charge is -2.15. The standard InChI is InChI=1S/C18H21N3O3/c1-10-8-11(2)21(20-10)14-6-4-13(5-7-14)12(3)19-17(22)15-9-16(15)18(23)24/h4-8,12,15-16H,9H2,1-3H3,(H,19,22)(H,23,24). The van der Waals surface area contributed by atoms with Crippen LogP contribution in [0.5, 0.6) is 0 Å². The predicted molar refractivity (Wildman–Crippen MR) is 88.8 cm³/mol. The summed E-state index contributed by atoms with van der Waals surface area (Å²) in [6, 6.07) is 9.70. The summed E-state index contributed by atoms with van der Waals surface area (Å²) in [5.74, 6) is -1.99. The molecule has 126 valence electrons. The first-order valence-electron chi connectivity index (χ1n) is 8.03.